The summed E-state index contributed by atoms with van der Waals surface area (Å²) < 4.78 is 0. The number of likely N-dealkylation sites (tertiary alicyclic amines) is 1. The van der Waals surface area contributed by atoms with Crippen molar-refractivity contribution in [1.29, 1.82) is 0 Å². The molecule has 132 valence electrons. The van der Waals surface area contributed by atoms with Gasteiger partial charge in [-0.15, -0.1) is 24.8 Å². The summed E-state index contributed by atoms with van der Waals surface area (Å²) in [6.45, 7) is 2.87. The highest BCUT2D eigenvalue weighted by atomic mass is 35.5. The second-order valence-electron chi connectivity index (χ2n) is 5.53. The lowest BCUT2D eigenvalue weighted by molar-refractivity contribution is -0.132. The van der Waals surface area contributed by atoms with Crippen LogP contribution in [0.2, 0.25) is 0 Å². The molecule has 0 radical (unpaired) electrons. The maximum Gasteiger partial charge on any atom is 0.223 e. The lowest BCUT2D eigenvalue weighted by atomic mass is 9.98. The number of hydrogen-bond acceptors (Lipinski definition) is 4. The van der Waals surface area contributed by atoms with Crippen LogP contribution in [0.25, 0.3) is 0 Å². The molecule has 0 bridgehead atoms. The standard InChI is InChI=1S/C16H25N3OS.2ClH/c1-17-11-14-5-4-9-19(12-14)16(20)7-10-21-13-15-6-2-3-8-18-15;;/h2-3,6,8,14,17H,4-5,7,9-13H2,1H3;2*1H. The summed E-state index contributed by atoms with van der Waals surface area (Å²) in [5.41, 5.74) is 1.09. The first-order valence-electron chi connectivity index (χ1n) is 7.69. The van der Waals surface area contributed by atoms with Crippen LogP contribution in [0.1, 0.15) is 25.0 Å². The van der Waals surface area contributed by atoms with Crippen LogP contribution < -0.4 is 5.32 Å². The van der Waals surface area contributed by atoms with Crippen LogP contribution in [0.5, 0.6) is 0 Å². The number of hydrogen-bond donors (Lipinski definition) is 1. The van der Waals surface area contributed by atoms with Gasteiger partial charge in [-0.1, -0.05) is 6.07 Å². The molecule has 1 aliphatic rings. The maximum absolute atomic E-state index is 12.2. The number of piperidine rings is 1. The molecule has 0 spiro atoms. The zero-order valence-corrected chi connectivity index (χ0v) is 16.0. The molecule has 1 aromatic heterocycles. The van der Waals surface area contributed by atoms with Crippen molar-refractivity contribution in [3.63, 3.8) is 0 Å². The number of aromatic nitrogens is 1. The quantitative estimate of drug-likeness (QED) is 0.739. The Balaban J connectivity index is 0.00000242. The maximum atomic E-state index is 12.2. The van der Waals surface area contributed by atoms with E-state index in [1.165, 1.54) is 6.42 Å². The smallest absolute Gasteiger partial charge is 0.223 e. The fourth-order valence-corrected chi connectivity index (χ4v) is 3.57. The molecule has 7 heteroatoms. The lowest BCUT2D eigenvalue weighted by Gasteiger charge is -2.32. The molecule has 1 atom stereocenters. The highest BCUT2D eigenvalue weighted by Gasteiger charge is 2.22. The van der Waals surface area contributed by atoms with Crippen LogP contribution >= 0.6 is 36.6 Å². The highest BCUT2D eigenvalue weighted by Crippen LogP contribution is 2.18. The Morgan fingerprint density at radius 2 is 2.26 bits per heavy atom. The number of amides is 1. The second kappa shape index (κ2) is 12.9. The summed E-state index contributed by atoms with van der Waals surface area (Å²) in [6, 6.07) is 5.96. The Bertz CT molecular complexity index is 435. The number of rotatable bonds is 7. The third-order valence-electron chi connectivity index (χ3n) is 3.80. The summed E-state index contributed by atoms with van der Waals surface area (Å²) in [6.07, 6.45) is 4.83. The van der Waals surface area contributed by atoms with Crippen molar-refractivity contribution >= 4 is 42.5 Å². The molecule has 2 rings (SSSR count). The van der Waals surface area contributed by atoms with E-state index in [1.807, 2.05) is 36.3 Å². The third-order valence-corrected chi connectivity index (χ3v) is 4.79. The zero-order valence-electron chi connectivity index (χ0n) is 13.6. The van der Waals surface area contributed by atoms with Crippen molar-refractivity contribution in [3.05, 3.63) is 30.1 Å². The molecular formula is C16H27Cl2N3OS. The fourth-order valence-electron chi connectivity index (χ4n) is 2.72. The van der Waals surface area contributed by atoms with Gasteiger partial charge in [-0.3, -0.25) is 9.78 Å². The molecule has 1 amide bonds. The molecule has 1 aliphatic heterocycles. The van der Waals surface area contributed by atoms with Crippen molar-refractivity contribution in [1.82, 2.24) is 15.2 Å². The molecule has 1 aromatic rings. The first-order valence-corrected chi connectivity index (χ1v) is 8.85. The molecule has 2 heterocycles. The number of nitrogens with one attached hydrogen (secondary N) is 1. The van der Waals surface area contributed by atoms with Gasteiger partial charge in [-0.25, -0.2) is 0 Å². The van der Waals surface area contributed by atoms with Crippen molar-refractivity contribution in [3.8, 4) is 0 Å². The minimum atomic E-state index is 0. The molecule has 1 unspecified atom stereocenters. The number of halogens is 2. The topological polar surface area (TPSA) is 45.2 Å². The molecule has 0 saturated carbocycles. The van der Waals surface area contributed by atoms with Gasteiger partial charge in [0.1, 0.15) is 0 Å². The van der Waals surface area contributed by atoms with Gasteiger partial charge >= 0.3 is 0 Å². The van der Waals surface area contributed by atoms with E-state index in [1.54, 1.807) is 11.8 Å². The SMILES string of the molecule is CNCC1CCCN(C(=O)CCSCc2ccccn2)C1.Cl.Cl. The predicted molar refractivity (Wildman–Crippen MR) is 103 cm³/mol. The number of pyridine rings is 1. The Hall–Kier alpha value is -0.490. The number of carbonyl (C=O) groups is 1. The van der Waals surface area contributed by atoms with Gasteiger partial charge in [0.05, 0.1) is 5.69 Å². The monoisotopic (exact) mass is 379 g/mol. The predicted octanol–water partition coefficient (Wildman–Crippen LogP) is 3.01. The van der Waals surface area contributed by atoms with Gasteiger partial charge in [0, 0.05) is 37.2 Å². The van der Waals surface area contributed by atoms with E-state index in [0.29, 0.717) is 18.2 Å². The first kappa shape index (κ1) is 22.5. The number of carbonyl (C=O) groups excluding carboxylic acids is 1. The molecule has 1 N–H and O–H groups in total. The summed E-state index contributed by atoms with van der Waals surface area (Å²) in [5, 5.41) is 3.22. The van der Waals surface area contributed by atoms with Crippen LogP contribution in [0, 0.1) is 5.92 Å². The van der Waals surface area contributed by atoms with E-state index in [0.717, 1.165) is 43.3 Å². The van der Waals surface area contributed by atoms with Gasteiger partial charge in [0.15, 0.2) is 0 Å². The van der Waals surface area contributed by atoms with Crippen LogP contribution in [0.3, 0.4) is 0 Å². The summed E-state index contributed by atoms with van der Waals surface area (Å²) in [4.78, 5) is 18.6. The molecule has 1 fully saturated rings. The van der Waals surface area contributed by atoms with E-state index in [9.17, 15) is 4.79 Å². The van der Waals surface area contributed by atoms with E-state index in [2.05, 4.69) is 10.3 Å². The van der Waals surface area contributed by atoms with Gasteiger partial charge in [-0.05, 0) is 44.5 Å². The molecule has 1 saturated heterocycles. The van der Waals surface area contributed by atoms with Crippen molar-refractivity contribution < 1.29 is 4.79 Å². The minimum Gasteiger partial charge on any atom is -0.342 e. The first-order chi connectivity index (χ1) is 10.3. The Labute approximate surface area is 156 Å². The highest BCUT2D eigenvalue weighted by molar-refractivity contribution is 7.98. The molecule has 23 heavy (non-hydrogen) atoms. The molecule has 0 aromatic carbocycles. The van der Waals surface area contributed by atoms with Crippen molar-refractivity contribution in [2.24, 2.45) is 5.92 Å². The lowest BCUT2D eigenvalue weighted by Crippen LogP contribution is -2.42. The van der Waals surface area contributed by atoms with Gasteiger partial charge in [-0.2, -0.15) is 11.8 Å². The van der Waals surface area contributed by atoms with Crippen molar-refractivity contribution in [2.75, 3.05) is 32.4 Å². The van der Waals surface area contributed by atoms with Gasteiger partial charge in [0.2, 0.25) is 5.91 Å². The normalized spacial score (nSPS) is 17.1. The molecule has 0 aliphatic carbocycles. The second-order valence-corrected chi connectivity index (χ2v) is 6.63. The summed E-state index contributed by atoms with van der Waals surface area (Å²) in [5.74, 6) is 2.69. The zero-order chi connectivity index (χ0) is 14.9. The Morgan fingerprint density at radius 3 is 2.96 bits per heavy atom. The van der Waals surface area contributed by atoms with Crippen LogP contribution in [0.15, 0.2) is 24.4 Å². The summed E-state index contributed by atoms with van der Waals surface area (Å²) >= 11 is 1.79. The van der Waals surface area contributed by atoms with E-state index < -0.39 is 0 Å². The number of thioether (sulfide) groups is 1. The average molecular weight is 380 g/mol. The third kappa shape index (κ3) is 8.25. The van der Waals surface area contributed by atoms with E-state index in [-0.39, 0.29) is 24.8 Å². The van der Waals surface area contributed by atoms with Crippen LogP contribution in [-0.4, -0.2) is 48.2 Å². The molecule has 4 nitrogen and oxygen atoms in total. The van der Waals surface area contributed by atoms with Crippen LogP contribution in [-0.2, 0) is 10.5 Å². The largest absolute Gasteiger partial charge is 0.342 e. The Morgan fingerprint density at radius 1 is 1.43 bits per heavy atom. The van der Waals surface area contributed by atoms with E-state index >= 15 is 0 Å². The molecular weight excluding hydrogens is 353 g/mol. The van der Waals surface area contributed by atoms with E-state index in [4.69, 9.17) is 0 Å². The van der Waals surface area contributed by atoms with Gasteiger partial charge < -0.3 is 10.2 Å². The average Bonchev–Trinajstić information content (AvgIpc) is 2.53. The minimum absolute atomic E-state index is 0. The van der Waals surface area contributed by atoms with Crippen LogP contribution in [0.4, 0.5) is 0 Å². The number of nitrogens with zero attached hydrogens (tertiary/aromatic N) is 2. The Kier molecular flexibility index (Phi) is 12.6. The van der Waals surface area contributed by atoms with Gasteiger partial charge in [0.25, 0.3) is 0 Å². The fraction of sp³-hybridized carbons (Fsp3) is 0.625. The summed E-state index contributed by atoms with van der Waals surface area (Å²) in [7, 11) is 1.98. The van der Waals surface area contributed by atoms with Crippen molar-refractivity contribution in [2.45, 2.75) is 25.0 Å².